The van der Waals surface area contributed by atoms with Gasteiger partial charge in [0, 0.05) is 11.1 Å². The van der Waals surface area contributed by atoms with Crippen LogP contribution in [-0.2, 0) is 6.42 Å². The predicted molar refractivity (Wildman–Crippen MR) is 72.1 cm³/mol. The van der Waals surface area contributed by atoms with Crippen LogP contribution in [-0.4, -0.2) is 16.1 Å². The van der Waals surface area contributed by atoms with Gasteiger partial charge < -0.3 is 9.84 Å². The fourth-order valence-electron chi connectivity index (χ4n) is 1.60. The molecule has 0 saturated carbocycles. The Morgan fingerprint density at radius 2 is 2.16 bits per heavy atom. The van der Waals surface area contributed by atoms with Crippen LogP contribution in [0.15, 0.2) is 36.4 Å². The highest BCUT2D eigenvalue weighted by Gasteiger charge is 2.07. The number of hydrogen-bond donors (Lipinski definition) is 1. The van der Waals surface area contributed by atoms with Gasteiger partial charge in [-0.2, -0.15) is 0 Å². The minimum absolute atomic E-state index is 0.0535. The second kappa shape index (κ2) is 5.71. The zero-order chi connectivity index (χ0) is 13.8. The number of aryl methyl sites for hydroxylation is 1. The molecule has 1 aromatic carbocycles. The van der Waals surface area contributed by atoms with Crippen molar-refractivity contribution < 1.29 is 14.6 Å². The summed E-state index contributed by atoms with van der Waals surface area (Å²) >= 11 is 6.02. The molecule has 19 heavy (non-hydrogen) atoms. The zero-order valence-corrected chi connectivity index (χ0v) is 11.0. The van der Waals surface area contributed by atoms with E-state index in [-0.39, 0.29) is 11.6 Å². The number of carboxylic acid groups (broad SMARTS) is 1. The molecule has 1 heterocycles. The van der Waals surface area contributed by atoms with Gasteiger partial charge in [-0.25, -0.2) is 9.78 Å². The molecule has 1 N–H and O–H groups in total. The average Bonchev–Trinajstić information content (AvgIpc) is 2.41. The number of aromatic nitrogens is 1. The molecule has 0 atom stereocenters. The molecule has 0 unspecified atom stereocenters. The SMILES string of the molecule is CCc1cc(Oc2cccc(C(=O)O)n2)ccc1Cl. The highest BCUT2D eigenvalue weighted by molar-refractivity contribution is 6.31. The number of hydrogen-bond acceptors (Lipinski definition) is 3. The second-order valence-corrected chi connectivity index (χ2v) is 4.28. The fourth-order valence-corrected chi connectivity index (χ4v) is 1.85. The summed E-state index contributed by atoms with van der Waals surface area (Å²) in [6.45, 7) is 1.99. The molecule has 2 aromatic rings. The quantitative estimate of drug-likeness (QED) is 0.924. The van der Waals surface area contributed by atoms with Crippen molar-refractivity contribution in [1.29, 1.82) is 0 Å². The normalized spacial score (nSPS) is 10.2. The van der Waals surface area contributed by atoms with Crippen LogP contribution in [0.1, 0.15) is 23.0 Å². The first-order valence-corrected chi connectivity index (χ1v) is 6.14. The fraction of sp³-hybridized carbons (Fsp3) is 0.143. The first kappa shape index (κ1) is 13.4. The molecule has 1 aromatic heterocycles. The Bertz CT molecular complexity index is 613. The van der Waals surface area contributed by atoms with Gasteiger partial charge in [0.1, 0.15) is 5.75 Å². The Hall–Kier alpha value is -2.07. The van der Waals surface area contributed by atoms with Gasteiger partial charge in [-0.1, -0.05) is 24.6 Å². The first-order chi connectivity index (χ1) is 9.10. The monoisotopic (exact) mass is 277 g/mol. The Labute approximate surface area is 115 Å². The predicted octanol–water partition coefficient (Wildman–Crippen LogP) is 3.79. The summed E-state index contributed by atoms with van der Waals surface area (Å²) in [4.78, 5) is 14.7. The summed E-state index contributed by atoms with van der Waals surface area (Å²) in [5.74, 6) is -0.267. The van der Waals surface area contributed by atoms with Crippen molar-refractivity contribution in [2.24, 2.45) is 0 Å². The van der Waals surface area contributed by atoms with Gasteiger partial charge in [0.2, 0.25) is 5.88 Å². The molecule has 0 aliphatic heterocycles. The molecule has 4 nitrogen and oxygen atoms in total. The van der Waals surface area contributed by atoms with Gasteiger partial charge in [0.15, 0.2) is 5.69 Å². The molecule has 0 radical (unpaired) electrons. The first-order valence-electron chi connectivity index (χ1n) is 5.76. The molecule has 2 rings (SSSR count). The standard InChI is InChI=1S/C14H12ClNO3/c1-2-9-8-10(6-7-11(9)15)19-13-5-3-4-12(16-13)14(17)18/h3-8H,2H2,1H3,(H,17,18). The summed E-state index contributed by atoms with van der Waals surface area (Å²) in [6.07, 6.45) is 0.790. The summed E-state index contributed by atoms with van der Waals surface area (Å²) in [5, 5.41) is 9.54. The van der Waals surface area contributed by atoms with Gasteiger partial charge in [-0.15, -0.1) is 0 Å². The van der Waals surface area contributed by atoms with Crippen LogP contribution in [0.2, 0.25) is 5.02 Å². The highest BCUT2D eigenvalue weighted by Crippen LogP contribution is 2.25. The smallest absolute Gasteiger partial charge is 0.354 e. The molecule has 5 heteroatoms. The molecule has 0 saturated heterocycles. The Balaban J connectivity index is 2.26. The van der Waals surface area contributed by atoms with E-state index in [0.29, 0.717) is 10.8 Å². The number of benzene rings is 1. The van der Waals surface area contributed by atoms with E-state index < -0.39 is 5.97 Å². The Morgan fingerprint density at radius 3 is 2.84 bits per heavy atom. The van der Waals surface area contributed by atoms with E-state index in [2.05, 4.69) is 4.98 Å². The maximum Gasteiger partial charge on any atom is 0.354 e. The van der Waals surface area contributed by atoms with Crippen LogP contribution >= 0.6 is 11.6 Å². The Morgan fingerprint density at radius 1 is 1.37 bits per heavy atom. The molecule has 0 aliphatic carbocycles. The molecule has 0 fully saturated rings. The van der Waals surface area contributed by atoms with Gasteiger partial charge in [-0.05, 0) is 36.2 Å². The molecule has 0 spiro atoms. The number of ether oxygens (including phenoxy) is 1. The van der Waals surface area contributed by atoms with Gasteiger partial charge in [0.25, 0.3) is 0 Å². The molecule has 0 bridgehead atoms. The topological polar surface area (TPSA) is 59.4 Å². The van der Waals surface area contributed by atoms with Gasteiger partial charge >= 0.3 is 5.97 Å². The van der Waals surface area contributed by atoms with Gasteiger partial charge in [0.05, 0.1) is 0 Å². The van der Waals surface area contributed by atoms with E-state index in [1.54, 1.807) is 24.3 Å². The number of pyridine rings is 1. The van der Waals surface area contributed by atoms with E-state index in [0.717, 1.165) is 12.0 Å². The van der Waals surface area contributed by atoms with Crippen molar-refractivity contribution in [3.05, 3.63) is 52.7 Å². The molecular weight excluding hydrogens is 266 g/mol. The van der Waals surface area contributed by atoms with Crippen LogP contribution in [0.25, 0.3) is 0 Å². The van der Waals surface area contributed by atoms with Crippen LogP contribution in [0.5, 0.6) is 11.6 Å². The molecule has 0 amide bonds. The molecule has 98 valence electrons. The molecule has 0 aliphatic rings. The zero-order valence-electron chi connectivity index (χ0n) is 10.3. The van der Waals surface area contributed by atoms with Crippen LogP contribution in [0.3, 0.4) is 0 Å². The van der Waals surface area contributed by atoms with Crippen molar-refractivity contribution in [3.63, 3.8) is 0 Å². The highest BCUT2D eigenvalue weighted by atomic mass is 35.5. The van der Waals surface area contributed by atoms with Crippen molar-refractivity contribution in [3.8, 4) is 11.6 Å². The van der Waals surface area contributed by atoms with Crippen LogP contribution in [0.4, 0.5) is 0 Å². The average molecular weight is 278 g/mol. The van der Waals surface area contributed by atoms with Crippen LogP contribution in [0, 0.1) is 0 Å². The van der Waals surface area contributed by atoms with E-state index in [1.165, 1.54) is 6.07 Å². The number of halogens is 1. The van der Waals surface area contributed by atoms with Crippen molar-refractivity contribution in [2.75, 3.05) is 0 Å². The van der Waals surface area contributed by atoms with Crippen molar-refractivity contribution in [1.82, 2.24) is 4.98 Å². The third-order valence-electron chi connectivity index (χ3n) is 2.56. The number of rotatable bonds is 4. The van der Waals surface area contributed by atoms with Crippen molar-refractivity contribution >= 4 is 17.6 Å². The largest absolute Gasteiger partial charge is 0.477 e. The minimum atomic E-state index is -1.09. The van der Waals surface area contributed by atoms with Crippen LogP contribution < -0.4 is 4.74 Å². The minimum Gasteiger partial charge on any atom is -0.477 e. The number of carboxylic acids is 1. The third kappa shape index (κ3) is 3.23. The van der Waals surface area contributed by atoms with Gasteiger partial charge in [-0.3, -0.25) is 0 Å². The Kier molecular flexibility index (Phi) is 4.02. The number of nitrogens with zero attached hydrogens (tertiary/aromatic N) is 1. The third-order valence-corrected chi connectivity index (χ3v) is 2.93. The lowest BCUT2D eigenvalue weighted by Crippen LogP contribution is -2.00. The number of carbonyl (C=O) groups is 1. The van der Waals surface area contributed by atoms with Crippen molar-refractivity contribution in [2.45, 2.75) is 13.3 Å². The summed E-state index contributed by atoms with van der Waals surface area (Å²) in [6, 6.07) is 9.88. The second-order valence-electron chi connectivity index (χ2n) is 3.88. The summed E-state index contributed by atoms with van der Waals surface area (Å²) < 4.78 is 5.53. The lowest BCUT2D eigenvalue weighted by atomic mass is 10.1. The lowest BCUT2D eigenvalue weighted by Gasteiger charge is -2.07. The van der Waals surface area contributed by atoms with E-state index in [1.807, 2.05) is 13.0 Å². The maximum atomic E-state index is 10.8. The summed E-state index contributed by atoms with van der Waals surface area (Å²) in [7, 11) is 0. The summed E-state index contributed by atoms with van der Waals surface area (Å²) in [5.41, 5.74) is 0.913. The lowest BCUT2D eigenvalue weighted by molar-refractivity contribution is 0.0689. The number of aromatic carboxylic acids is 1. The van der Waals surface area contributed by atoms with E-state index in [4.69, 9.17) is 21.4 Å². The maximum absolute atomic E-state index is 10.8. The van der Waals surface area contributed by atoms with E-state index >= 15 is 0 Å². The van der Waals surface area contributed by atoms with E-state index in [9.17, 15) is 4.79 Å². The molecular formula is C14H12ClNO3.